The highest BCUT2D eigenvalue weighted by Gasteiger charge is 2.19. The molecule has 0 aliphatic heterocycles. The van der Waals surface area contributed by atoms with Crippen molar-refractivity contribution in [2.45, 2.75) is 6.04 Å². The van der Waals surface area contributed by atoms with Gasteiger partial charge in [0.05, 0.1) is 8.81 Å². The maximum Gasteiger partial charge on any atom is 0.245 e. The molecule has 3 N–H and O–H groups in total. The summed E-state index contributed by atoms with van der Waals surface area (Å²) in [5, 5.41) is 3.71. The monoisotopic (exact) mass is 422 g/mol. The minimum Gasteiger partial charge on any atom is -0.369 e. The molecule has 0 aliphatic rings. The number of anilines is 1. The lowest BCUT2D eigenvalue weighted by Gasteiger charge is -2.15. The highest BCUT2D eigenvalue weighted by atomic mass is 79.9. The van der Waals surface area contributed by atoms with E-state index in [1.54, 1.807) is 18.2 Å². The van der Waals surface area contributed by atoms with Crippen molar-refractivity contribution in [1.82, 2.24) is 0 Å². The maximum atomic E-state index is 11.6. The number of amides is 1. The Balaban J connectivity index is 2.26. The van der Waals surface area contributed by atoms with Crippen molar-refractivity contribution >= 4 is 66.4 Å². The molecule has 1 aromatic carbocycles. The molecular formula is C12H9Br2ClN2OS. The molecule has 1 unspecified atom stereocenters. The largest absolute Gasteiger partial charge is 0.369 e. The predicted molar refractivity (Wildman–Crippen MR) is 86.7 cm³/mol. The normalized spacial score (nSPS) is 12.2. The quantitative estimate of drug-likeness (QED) is 0.756. The summed E-state index contributed by atoms with van der Waals surface area (Å²) in [7, 11) is 0. The number of rotatable bonds is 4. The van der Waals surface area contributed by atoms with Gasteiger partial charge in [-0.2, -0.15) is 0 Å². The average Bonchev–Trinajstić information content (AvgIpc) is 2.76. The van der Waals surface area contributed by atoms with Gasteiger partial charge in [-0.25, -0.2) is 0 Å². The number of benzene rings is 1. The first-order valence-electron chi connectivity index (χ1n) is 5.23. The molecule has 19 heavy (non-hydrogen) atoms. The van der Waals surface area contributed by atoms with Gasteiger partial charge in [-0.3, -0.25) is 4.79 Å². The first-order chi connectivity index (χ1) is 8.97. The van der Waals surface area contributed by atoms with Crippen molar-refractivity contribution in [3.8, 4) is 0 Å². The van der Waals surface area contributed by atoms with Crippen LogP contribution < -0.4 is 11.1 Å². The number of thiophene rings is 1. The van der Waals surface area contributed by atoms with Gasteiger partial charge in [-0.15, -0.1) is 11.3 Å². The Morgan fingerprint density at radius 1 is 1.32 bits per heavy atom. The lowest BCUT2D eigenvalue weighted by molar-refractivity contribution is -0.118. The standard InChI is InChI=1S/C12H9Br2ClN2OS/c13-7-5-6(1-2-8(7)15)17-11(12(16)18)9-3-4-10(14)19-9/h1-5,11,17H,(H2,16,18). The second kappa shape index (κ2) is 6.26. The molecule has 0 radical (unpaired) electrons. The van der Waals surface area contributed by atoms with Crippen LogP contribution in [0.25, 0.3) is 0 Å². The third-order valence-electron chi connectivity index (χ3n) is 2.39. The van der Waals surface area contributed by atoms with E-state index < -0.39 is 11.9 Å². The molecule has 3 nitrogen and oxygen atoms in total. The van der Waals surface area contributed by atoms with Crippen LogP contribution in [0.3, 0.4) is 0 Å². The molecule has 1 amide bonds. The van der Waals surface area contributed by atoms with Crippen LogP contribution in [0, 0.1) is 0 Å². The fraction of sp³-hybridized carbons (Fsp3) is 0.0833. The molecule has 1 aromatic heterocycles. The van der Waals surface area contributed by atoms with Gasteiger partial charge in [-0.1, -0.05) is 11.6 Å². The van der Waals surface area contributed by atoms with E-state index in [0.29, 0.717) is 5.02 Å². The van der Waals surface area contributed by atoms with Gasteiger partial charge in [0.25, 0.3) is 0 Å². The van der Waals surface area contributed by atoms with E-state index in [0.717, 1.165) is 18.8 Å². The van der Waals surface area contributed by atoms with Crippen molar-refractivity contribution in [3.05, 3.63) is 48.5 Å². The Kier molecular flexibility index (Phi) is 4.89. The molecular weight excluding hydrogens is 415 g/mol. The Labute approximate surface area is 136 Å². The van der Waals surface area contributed by atoms with Crippen LogP contribution in [-0.4, -0.2) is 5.91 Å². The molecule has 0 saturated carbocycles. The zero-order chi connectivity index (χ0) is 14.0. The van der Waals surface area contributed by atoms with Crippen molar-refractivity contribution in [2.24, 2.45) is 5.73 Å². The number of carbonyl (C=O) groups is 1. The van der Waals surface area contributed by atoms with E-state index in [-0.39, 0.29) is 0 Å². The minimum absolute atomic E-state index is 0.430. The summed E-state index contributed by atoms with van der Waals surface area (Å²) in [5.41, 5.74) is 6.21. The van der Waals surface area contributed by atoms with E-state index >= 15 is 0 Å². The topological polar surface area (TPSA) is 55.1 Å². The third-order valence-corrected chi connectivity index (χ3v) is 5.30. The van der Waals surface area contributed by atoms with Crippen LogP contribution >= 0.6 is 54.8 Å². The molecule has 0 saturated heterocycles. The molecule has 100 valence electrons. The number of primary amides is 1. The van der Waals surface area contributed by atoms with Crippen LogP contribution in [0.4, 0.5) is 5.69 Å². The number of nitrogens with two attached hydrogens (primary N) is 1. The fourth-order valence-corrected chi connectivity index (χ4v) is 3.50. The van der Waals surface area contributed by atoms with Crippen LogP contribution in [0.1, 0.15) is 10.9 Å². The van der Waals surface area contributed by atoms with E-state index in [1.807, 2.05) is 12.1 Å². The summed E-state index contributed by atoms with van der Waals surface area (Å²) in [6, 6.07) is 8.53. The highest BCUT2D eigenvalue weighted by Crippen LogP contribution is 2.31. The van der Waals surface area contributed by atoms with Gasteiger partial charge in [0.15, 0.2) is 0 Å². The molecule has 0 fully saturated rings. The van der Waals surface area contributed by atoms with Gasteiger partial charge < -0.3 is 11.1 Å². The Bertz CT molecular complexity index is 618. The number of hydrogen-bond acceptors (Lipinski definition) is 3. The second-order valence-corrected chi connectivity index (χ2v) is 7.51. The first-order valence-corrected chi connectivity index (χ1v) is 8.01. The van der Waals surface area contributed by atoms with Gasteiger partial charge >= 0.3 is 0 Å². The number of hydrogen-bond donors (Lipinski definition) is 2. The summed E-state index contributed by atoms with van der Waals surface area (Å²) < 4.78 is 1.71. The molecule has 1 heterocycles. The predicted octanol–water partition coefficient (Wildman–Crippen LogP) is 4.57. The molecule has 0 bridgehead atoms. The highest BCUT2D eigenvalue weighted by molar-refractivity contribution is 9.11. The average molecular weight is 425 g/mol. The van der Waals surface area contributed by atoms with Gasteiger partial charge in [0.1, 0.15) is 6.04 Å². The number of halogens is 3. The molecule has 1 atom stereocenters. The summed E-state index contributed by atoms with van der Waals surface area (Å²) in [6.45, 7) is 0. The van der Waals surface area contributed by atoms with Crippen molar-refractivity contribution in [3.63, 3.8) is 0 Å². The first kappa shape index (κ1) is 14.8. The summed E-state index contributed by atoms with van der Waals surface area (Å²) in [4.78, 5) is 12.4. The lowest BCUT2D eigenvalue weighted by atomic mass is 10.2. The van der Waals surface area contributed by atoms with Crippen LogP contribution in [0.15, 0.2) is 38.6 Å². The van der Waals surface area contributed by atoms with Gasteiger partial charge in [0, 0.05) is 15.0 Å². The van der Waals surface area contributed by atoms with E-state index in [1.165, 1.54) is 11.3 Å². The zero-order valence-electron chi connectivity index (χ0n) is 9.49. The second-order valence-electron chi connectivity index (χ2n) is 3.75. The maximum absolute atomic E-state index is 11.6. The molecule has 0 aliphatic carbocycles. The Hall–Kier alpha value is -0.560. The Morgan fingerprint density at radius 3 is 2.58 bits per heavy atom. The van der Waals surface area contributed by atoms with Crippen LogP contribution in [0.2, 0.25) is 5.02 Å². The fourth-order valence-electron chi connectivity index (χ4n) is 1.52. The molecule has 7 heteroatoms. The molecule has 2 rings (SSSR count). The SMILES string of the molecule is NC(=O)C(Nc1ccc(Cl)c(Br)c1)c1ccc(Br)s1. The van der Waals surface area contributed by atoms with Crippen LogP contribution in [-0.2, 0) is 4.79 Å². The lowest BCUT2D eigenvalue weighted by Crippen LogP contribution is -2.26. The Morgan fingerprint density at radius 2 is 2.05 bits per heavy atom. The number of carbonyl (C=O) groups excluding carboxylic acids is 1. The minimum atomic E-state index is -0.565. The summed E-state index contributed by atoms with van der Waals surface area (Å²) in [6.07, 6.45) is 0. The van der Waals surface area contributed by atoms with E-state index in [4.69, 9.17) is 17.3 Å². The third kappa shape index (κ3) is 3.72. The van der Waals surface area contributed by atoms with Crippen LogP contribution in [0.5, 0.6) is 0 Å². The van der Waals surface area contributed by atoms with Crippen molar-refractivity contribution in [2.75, 3.05) is 5.32 Å². The van der Waals surface area contributed by atoms with E-state index in [9.17, 15) is 4.79 Å². The number of nitrogens with one attached hydrogen (secondary N) is 1. The van der Waals surface area contributed by atoms with E-state index in [2.05, 4.69) is 37.2 Å². The van der Waals surface area contributed by atoms with Gasteiger partial charge in [-0.05, 0) is 62.2 Å². The van der Waals surface area contributed by atoms with Crippen molar-refractivity contribution < 1.29 is 4.79 Å². The van der Waals surface area contributed by atoms with Gasteiger partial charge in [0.2, 0.25) is 5.91 Å². The van der Waals surface area contributed by atoms with Crippen molar-refractivity contribution in [1.29, 1.82) is 0 Å². The smallest absolute Gasteiger partial charge is 0.245 e. The molecule has 2 aromatic rings. The zero-order valence-corrected chi connectivity index (χ0v) is 14.2. The summed E-state index contributed by atoms with van der Waals surface area (Å²) in [5.74, 6) is -0.430. The molecule has 0 spiro atoms. The summed E-state index contributed by atoms with van der Waals surface area (Å²) >= 11 is 14.1.